The van der Waals surface area contributed by atoms with Crippen LogP contribution in [-0.2, 0) is 4.74 Å². The second-order valence-electron chi connectivity index (χ2n) is 3.35. The van der Waals surface area contributed by atoms with Crippen molar-refractivity contribution in [2.24, 2.45) is 0 Å². The molecule has 0 amide bonds. The van der Waals surface area contributed by atoms with Crippen LogP contribution in [-0.4, -0.2) is 26.4 Å². The van der Waals surface area contributed by atoms with Crippen LogP contribution in [0.3, 0.4) is 0 Å². The van der Waals surface area contributed by atoms with Gasteiger partial charge in [0.25, 0.3) is 0 Å². The molecular weight excluding hydrogens is 220 g/mol. The predicted octanol–water partition coefficient (Wildman–Crippen LogP) is 1.22. The summed E-state index contributed by atoms with van der Waals surface area (Å²) in [6.07, 6.45) is 0. The van der Waals surface area contributed by atoms with Crippen LogP contribution in [0.2, 0.25) is 0 Å². The van der Waals surface area contributed by atoms with Gasteiger partial charge in [-0.2, -0.15) is 10.5 Å². The van der Waals surface area contributed by atoms with Gasteiger partial charge < -0.3 is 14.2 Å². The monoisotopic (exact) mass is 230 g/mol. The minimum Gasteiger partial charge on any atom is -0.486 e. The fourth-order valence-corrected chi connectivity index (χ4v) is 1.53. The number of fused-ring (bicyclic) bond motifs is 1. The molecule has 1 aliphatic heterocycles. The molecule has 0 unspecified atom stereocenters. The molecule has 5 nitrogen and oxygen atoms in total. The summed E-state index contributed by atoms with van der Waals surface area (Å²) < 4.78 is 16.1. The van der Waals surface area contributed by atoms with Crippen LogP contribution in [0.25, 0.3) is 0 Å². The zero-order valence-corrected chi connectivity index (χ0v) is 9.10. The lowest BCUT2D eigenvalue weighted by Gasteiger charge is -2.12. The summed E-state index contributed by atoms with van der Waals surface area (Å²) in [7, 11) is 0. The van der Waals surface area contributed by atoms with Gasteiger partial charge in [-0.25, -0.2) is 0 Å². The van der Waals surface area contributed by atoms with E-state index < -0.39 is 0 Å². The number of benzene rings is 1. The molecule has 0 atom stereocenters. The average Bonchev–Trinajstić information content (AvgIpc) is 2.49. The third-order valence-corrected chi connectivity index (χ3v) is 2.30. The van der Waals surface area contributed by atoms with E-state index in [1.54, 1.807) is 12.1 Å². The lowest BCUT2D eigenvalue weighted by molar-refractivity contribution is 0.0876. The first-order valence-electron chi connectivity index (χ1n) is 5.17. The Morgan fingerprint density at radius 1 is 0.824 bits per heavy atom. The SMILES string of the molecule is N#Cc1ccc(C#N)c2c1OCCOCCO2. The lowest BCUT2D eigenvalue weighted by atomic mass is 10.1. The molecule has 0 N–H and O–H groups in total. The Bertz CT molecular complexity index is 455. The van der Waals surface area contributed by atoms with E-state index in [0.29, 0.717) is 49.1 Å². The number of ether oxygens (including phenoxy) is 3. The van der Waals surface area contributed by atoms with Crippen LogP contribution in [0, 0.1) is 22.7 Å². The Morgan fingerprint density at radius 2 is 1.29 bits per heavy atom. The van der Waals surface area contributed by atoms with Gasteiger partial charge in [0.15, 0.2) is 11.5 Å². The van der Waals surface area contributed by atoms with Crippen molar-refractivity contribution < 1.29 is 14.2 Å². The van der Waals surface area contributed by atoms with Gasteiger partial charge in [-0.3, -0.25) is 0 Å². The summed E-state index contributed by atoms with van der Waals surface area (Å²) in [4.78, 5) is 0. The summed E-state index contributed by atoms with van der Waals surface area (Å²) in [6.45, 7) is 1.54. The van der Waals surface area contributed by atoms with Crippen molar-refractivity contribution in [2.75, 3.05) is 26.4 Å². The molecule has 0 saturated carbocycles. The van der Waals surface area contributed by atoms with E-state index in [1.165, 1.54) is 0 Å². The molecule has 0 radical (unpaired) electrons. The number of hydrogen-bond acceptors (Lipinski definition) is 5. The molecule has 1 aromatic rings. The first-order chi connectivity index (χ1) is 8.36. The van der Waals surface area contributed by atoms with Gasteiger partial charge >= 0.3 is 0 Å². The van der Waals surface area contributed by atoms with Crippen molar-refractivity contribution >= 4 is 0 Å². The molecule has 0 spiro atoms. The Morgan fingerprint density at radius 3 is 1.71 bits per heavy atom. The third kappa shape index (κ3) is 2.30. The van der Waals surface area contributed by atoms with Crippen molar-refractivity contribution in [3.05, 3.63) is 23.3 Å². The van der Waals surface area contributed by atoms with Crippen LogP contribution in [0.5, 0.6) is 11.5 Å². The molecule has 2 rings (SSSR count). The molecule has 86 valence electrons. The zero-order valence-electron chi connectivity index (χ0n) is 9.10. The fraction of sp³-hybridized carbons (Fsp3) is 0.333. The third-order valence-electron chi connectivity index (χ3n) is 2.30. The van der Waals surface area contributed by atoms with Crippen LogP contribution in [0.1, 0.15) is 11.1 Å². The van der Waals surface area contributed by atoms with E-state index in [0.717, 1.165) is 0 Å². The number of hydrogen-bond donors (Lipinski definition) is 0. The smallest absolute Gasteiger partial charge is 0.180 e. The molecule has 1 aromatic carbocycles. The minimum atomic E-state index is 0.331. The topological polar surface area (TPSA) is 75.3 Å². The molecule has 0 saturated heterocycles. The highest BCUT2D eigenvalue weighted by Crippen LogP contribution is 2.34. The van der Waals surface area contributed by atoms with E-state index in [9.17, 15) is 0 Å². The van der Waals surface area contributed by atoms with Gasteiger partial charge in [-0.15, -0.1) is 0 Å². The quantitative estimate of drug-likeness (QED) is 0.669. The summed E-state index contributed by atoms with van der Waals surface area (Å²) in [5.41, 5.74) is 0.724. The average molecular weight is 230 g/mol. The Labute approximate surface area is 98.7 Å². The Kier molecular flexibility index (Phi) is 3.44. The summed E-state index contributed by atoms with van der Waals surface area (Å²) in [6, 6.07) is 7.15. The van der Waals surface area contributed by atoms with Crippen molar-refractivity contribution in [1.29, 1.82) is 10.5 Å². The van der Waals surface area contributed by atoms with Gasteiger partial charge in [0.2, 0.25) is 0 Å². The van der Waals surface area contributed by atoms with Crippen molar-refractivity contribution in [1.82, 2.24) is 0 Å². The molecule has 1 aliphatic rings. The van der Waals surface area contributed by atoms with Gasteiger partial charge in [-0.1, -0.05) is 0 Å². The highest BCUT2D eigenvalue weighted by molar-refractivity contribution is 5.60. The summed E-state index contributed by atoms with van der Waals surface area (Å²) in [5.74, 6) is 0.661. The first-order valence-corrected chi connectivity index (χ1v) is 5.17. The van der Waals surface area contributed by atoms with Crippen LogP contribution < -0.4 is 9.47 Å². The van der Waals surface area contributed by atoms with E-state index in [2.05, 4.69) is 0 Å². The largest absolute Gasteiger partial charge is 0.486 e. The van der Waals surface area contributed by atoms with E-state index in [4.69, 9.17) is 24.7 Å². The van der Waals surface area contributed by atoms with Crippen LogP contribution in [0.15, 0.2) is 12.1 Å². The van der Waals surface area contributed by atoms with E-state index in [-0.39, 0.29) is 0 Å². The maximum Gasteiger partial charge on any atom is 0.180 e. The predicted molar refractivity (Wildman–Crippen MR) is 57.7 cm³/mol. The molecule has 17 heavy (non-hydrogen) atoms. The fourth-order valence-electron chi connectivity index (χ4n) is 1.53. The van der Waals surface area contributed by atoms with Crippen LogP contribution in [0.4, 0.5) is 0 Å². The van der Waals surface area contributed by atoms with Gasteiger partial charge in [0.1, 0.15) is 25.4 Å². The number of nitriles is 2. The zero-order chi connectivity index (χ0) is 12.1. The van der Waals surface area contributed by atoms with Gasteiger partial charge in [0.05, 0.1) is 24.3 Å². The summed E-state index contributed by atoms with van der Waals surface area (Å²) >= 11 is 0. The van der Waals surface area contributed by atoms with Crippen molar-refractivity contribution in [3.8, 4) is 23.6 Å². The standard InChI is InChI=1S/C12H10N2O3/c13-7-9-1-2-10(8-14)12-11(9)16-5-3-15-4-6-17-12/h1-2H,3-6H2. The normalized spacial score (nSPS) is 14.7. The summed E-state index contributed by atoms with van der Waals surface area (Å²) in [5, 5.41) is 18.0. The van der Waals surface area contributed by atoms with Crippen molar-refractivity contribution in [2.45, 2.75) is 0 Å². The Hall–Kier alpha value is -2.24. The Balaban J connectivity index is 2.50. The van der Waals surface area contributed by atoms with Gasteiger partial charge in [-0.05, 0) is 12.1 Å². The maximum atomic E-state index is 8.99. The number of nitrogens with zero attached hydrogens (tertiary/aromatic N) is 2. The van der Waals surface area contributed by atoms with Crippen molar-refractivity contribution in [3.63, 3.8) is 0 Å². The molecular formula is C12H10N2O3. The first kappa shape index (κ1) is 11.3. The molecule has 1 heterocycles. The minimum absolute atomic E-state index is 0.331. The maximum absolute atomic E-state index is 8.99. The molecule has 5 heteroatoms. The molecule has 0 bridgehead atoms. The molecule has 0 aliphatic carbocycles. The second kappa shape index (κ2) is 5.20. The van der Waals surface area contributed by atoms with E-state index in [1.807, 2.05) is 12.1 Å². The van der Waals surface area contributed by atoms with E-state index >= 15 is 0 Å². The lowest BCUT2D eigenvalue weighted by Crippen LogP contribution is -2.08. The second-order valence-corrected chi connectivity index (χ2v) is 3.35. The molecule has 0 fully saturated rings. The highest BCUT2D eigenvalue weighted by atomic mass is 16.6. The van der Waals surface area contributed by atoms with Crippen LogP contribution >= 0.6 is 0 Å². The molecule has 0 aromatic heterocycles. The number of rotatable bonds is 0. The van der Waals surface area contributed by atoms with Gasteiger partial charge in [0, 0.05) is 0 Å². The highest BCUT2D eigenvalue weighted by Gasteiger charge is 2.17.